The number of thiophene rings is 2. The second-order valence-electron chi connectivity index (χ2n) is 7.30. The molecule has 0 N–H and O–H groups in total. The highest BCUT2D eigenvalue weighted by Crippen LogP contribution is 2.40. The molecule has 1 atom stereocenters. The Morgan fingerprint density at radius 3 is 2.77 bits per heavy atom. The molecule has 1 aliphatic heterocycles. The maximum absolute atomic E-state index is 13.2. The Kier molecular flexibility index (Phi) is 5.58. The number of nitrogens with zero attached hydrogens (tertiary/aromatic N) is 5. The van der Waals surface area contributed by atoms with Crippen molar-refractivity contribution < 1.29 is 4.79 Å². The molecule has 3 aromatic rings. The minimum absolute atomic E-state index is 0.00826. The van der Waals surface area contributed by atoms with Crippen LogP contribution < -0.4 is 0 Å². The van der Waals surface area contributed by atoms with Crippen LogP contribution in [0.1, 0.15) is 46.8 Å². The van der Waals surface area contributed by atoms with Crippen molar-refractivity contribution >= 4 is 46.1 Å². The first kappa shape index (κ1) is 19.7. The first-order valence-electron chi connectivity index (χ1n) is 9.88. The predicted molar refractivity (Wildman–Crippen MR) is 122 cm³/mol. The van der Waals surface area contributed by atoms with Gasteiger partial charge >= 0.3 is 0 Å². The summed E-state index contributed by atoms with van der Waals surface area (Å²) in [5.41, 5.74) is 0.979. The summed E-state index contributed by atoms with van der Waals surface area (Å²) >= 11 is 4.76. The van der Waals surface area contributed by atoms with Gasteiger partial charge in [0.15, 0.2) is 5.16 Å². The Bertz CT molecular complexity index is 1070. The molecular formula is C21H21N5OS3. The summed E-state index contributed by atoms with van der Waals surface area (Å²) in [6, 6.07) is 8.15. The summed E-state index contributed by atoms with van der Waals surface area (Å²) in [7, 11) is 0. The molecule has 5 rings (SSSR count). The van der Waals surface area contributed by atoms with Gasteiger partial charge in [0.05, 0.1) is 22.4 Å². The smallest absolute Gasteiger partial charge is 0.253 e. The van der Waals surface area contributed by atoms with Gasteiger partial charge in [-0.25, -0.2) is 5.01 Å². The van der Waals surface area contributed by atoms with E-state index in [9.17, 15) is 4.79 Å². The number of allylic oxidation sites excluding steroid dienone is 1. The second kappa shape index (κ2) is 8.49. The van der Waals surface area contributed by atoms with E-state index in [1.165, 1.54) is 11.8 Å². The van der Waals surface area contributed by atoms with Gasteiger partial charge in [-0.2, -0.15) is 5.10 Å². The Morgan fingerprint density at radius 2 is 2.07 bits per heavy atom. The van der Waals surface area contributed by atoms with E-state index in [2.05, 4.69) is 33.5 Å². The summed E-state index contributed by atoms with van der Waals surface area (Å²) in [5, 5.41) is 20.0. The van der Waals surface area contributed by atoms with Crippen LogP contribution in [0.3, 0.4) is 0 Å². The second-order valence-corrected chi connectivity index (χ2v) is 10.2. The number of thioether (sulfide) groups is 1. The van der Waals surface area contributed by atoms with E-state index in [1.807, 2.05) is 29.0 Å². The first-order valence-corrected chi connectivity index (χ1v) is 12.6. The molecule has 0 bridgehead atoms. The average Bonchev–Trinajstić information content (AvgIpc) is 3.25. The van der Waals surface area contributed by atoms with Gasteiger partial charge in [-0.3, -0.25) is 4.79 Å². The maximum atomic E-state index is 13.2. The number of carbonyl (C=O) groups is 1. The molecule has 3 aromatic heterocycles. The molecule has 1 aliphatic carbocycles. The third-order valence-corrected chi connectivity index (χ3v) is 8.01. The highest BCUT2D eigenvalue weighted by atomic mass is 32.2. The summed E-state index contributed by atoms with van der Waals surface area (Å²) in [4.78, 5) is 15.5. The monoisotopic (exact) mass is 455 g/mol. The molecule has 0 spiro atoms. The third kappa shape index (κ3) is 3.89. The van der Waals surface area contributed by atoms with Crippen molar-refractivity contribution in [2.75, 3.05) is 5.75 Å². The van der Waals surface area contributed by atoms with Crippen LogP contribution in [0.4, 0.5) is 0 Å². The van der Waals surface area contributed by atoms with Crippen molar-refractivity contribution in [3.05, 3.63) is 63.3 Å². The predicted octanol–water partition coefficient (Wildman–Crippen LogP) is 4.93. The number of aromatic nitrogens is 3. The highest BCUT2D eigenvalue weighted by Gasteiger charge is 2.35. The van der Waals surface area contributed by atoms with E-state index in [4.69, 9.17) is 5.10 Å². The molecular weight excluding hydrogens is 434 g/mol. The standard InChI is InChI=1S/C21H21N5OS3/c1-2-9-25-20(14-7-8-14)22-23-21(25)30-13-19(27)26-16(18-6-4-11-29-18)12-15(24-26)17-5-3-10-28-17/h2-6,10-11,14,16H,1,7-9,12-13H2/t16-/m1/s1. The lowest BCUT2D eigenvalue weighted by atomic mass is 10.1. The lowest BCUT2D eigenvalue weighted by Crippen LogP contribution is -2.28. The molecule has 0 radical (unpaired) electrons. The fraction of sp³-hybridized carbons (Fsp3) is 0.333. The van der Waals surface area contributed by atoms with Gasteiger partial charge in [0.2, 0.25) is 0 Å². The quantitative estimate of drug-likeness (QED) is 0.357. The number of hydrogen-bond donors (Lipinski definition) is 0. The van der Waals surface area contributed by atoms with Crippen LogP contribution in [0.25, 0.3) is 0 Å². The van der Waals surface area contributed by atoms with Gasteiger partial charge in [-0.1, -0.05) is 30.0 Å². The minimum Gasteiger partial charge on any atom is -0.302 e. The minimum atomic E-state index is -0.0386. The Balaban J connectivity index is 1.34. The van der Waals surface area contributed by atoms with Gasteiger partial charge in [0, 0.05) is 23.8 Å². The normalized spacial score (nSPS) is 18.6. The van der Waals surface area contributed by atoms with Crippen LogP contribution in [-0.4, -0.2) is 37.1 Å². The Labute approximate surface area is 187 Å². The number of hydrazone groups is 1. The maximum Gasteiger partial charge on any atom is 0.253 e. The van der Waals surface area contributed by atoms with E-state index in [1.54, 1.807) is 27.7 Å². The molecule has 6 nitrogen and oxygen atoms in total. The van der Waals surface area contributed by atoms with Crippen molar-refractivity contribution in [2.24, 2.45) is 5.10 Å². The SMILES string of the molecule is C=CCn1c(SCC(=O)N2N=C(c3cccs3)C[C@@H]2c2cccs2)nnc1C1CC1. The summed E-state index contributed by atoms with van der Waals surface area (Å²) in [6.45, 7) is 4.51. The molecule has 0 unspecified atom stereocenters. The van der Waals surface area contributed by atoms with Gasteiger partial charge < -0.3 is 4.57 Å². The molecule has 2 aliphatic rings. The molecule has 0 saturated heterocycles. The summed E-state index contributed by atoms with van der Waals surface area (Å²) in [6.07, 6.45) is 4.92. The molecule has 9 heteroatoms. The zero-order chi connectivity index (χ0) is 20.5. The van der Waals surface area contributed by atoms with Gasteiger partial charge in [-0.15, -0.1) is 39.4 Å². The Morgan fingerprint density at radius 1 is 1.23 bits per heavy atom. The molecule has 1 fully saturated rings. The molecule has 1 saturated carbocycles. The first-order chi connectivity index (χ1) is 14.7. The van der Waals surface area contributed by atoms with E-state index >= 15 is 0 Å². The van der Waals surface area contributed by atoms with Gasteiger partial charge in [0.1, 0.15) is 5.82 Å². The van der Waals surface area contributed by atoms with Crippen molar-refractivity contribution in [1.82, 2.24) is 19.8 Å². The Hall–Kier alpha value is -2.23. The third-order valence-electron chi connectivity index (χ3n) is 5.17. The van der Waals surface area contributed by atoms with E-state index in [-0.39, 0.29) is 17.7 Å². The van der Waals surface area contributed by atoms with Crippen molar-refractivity contribution in [1.29, 1.82) is 0 Å². The summed E-state index contributed by atoms with van der Waals surface area (Å²) < 4.78 is 2.09. The van der Waals surface area contributed by atoms with Crippen LogP contribution in [-0.2, 0) is 11.3 Å². The molecule has 4 heterocycles. The van der Waals surface area contributed by atoms with Crippen LogP contribution in [0.5, 0.6) is 0 Å². The topological polar surface area (TPSA) is 63.4 Å². The van der Waals surface area contributed by atoms with E-state index in [0.29, 0.717) is 12.5 Å². The highest BCUT2D eigenvalue weighted by molar-refractivity contribution is 7.99. The van der Waals surface area contributed by atoms with Crippen LogP contribution in [0, 0.1) is 0 Å². The average molecular weight is 456 g/mol. The molecule has 30 heavy (non-hydrogen) atoms. The summed E-state index contributed by atoms with van der Waals surface area (Å²) in [5.74, 6) is 1.79. The van der Waals surface area contributed by atoms with Crippen LogP contribution in [0.2, 0.25) is 0 Å². The number of rotatable bonds is 8. The molecule has 154 valence electrons. The van der Waals surface area contributed by atoms with E-state index in [0.717, 1.165) is 45.7 Å². The fourth-order valence-corrected chi connectivity index (χ4v) is 5.92. The largest absolute Gasteiger partial charge is 0.302 e. The van der Waals surface area contributed by atoms with Crippen LogP contribution >= 0.6 is 34.4 Å². The van der Waals surface area contributed by atoms with Crippen molar-refractivity contribution in [3.8, 4) is 0 Å². The fourth-order valence-electron chi connectivity index (χ4n) is 3.58. The van der Waals surface area contributed by atoms with Gasteiger partial charge in [-0.05, 0) is 35.7 Å². The lowest BCUT2D eigenvalue weighted by Gasteiger charge is -2.20. The van der Waals surface area contributed by atoms with Crippen LogP contribution in [0.15, 0.2) is 57.9 Å². The zero-order valence-electron chi connectivity index (χ0n) is 16.3. The van der Waals surface area contributed by atoms with Gasteiger partial charge in [0.25, 0.3) is 5.91 Å². The number of hydrogen-bond acceptors (Lipinski definition) is 7. The number of amides is 1. The molecule has 1 amide bonds. The lowest BCUT2D eigenvalue weighted by molar-refractivity contribution is -0.130. The molecule has 0 aromatic carbocycles. The zero-order valence-corrected chi connectivity index (χ0v) is 18.8. The number of carbonyl (C=O) groups excluding carboxylic acids is 1. The van der Waals surface area contributed by atoms with E-state index < -0.39 is 0 Å². The van der Waals surface area contributed by atoms with Crippen molar-refractivity contribution in [2.45, 2.75) is 42.9 Å². The van der Waals surface area contributed by atoms with Crippen molar-refractivity contribution in [3.63, 3.8) is 0 Å².